The molecule has 2 aromatic carbocycles. The summed E-state index contributed by atoms with van der Waals surface area (Å²) in [6.07, 6.45) is 0.330. The van der Waals surface area contributed by atoms with E-state index in [0.29, 0.717) is 17.9 Å². The Hall–Kier alpha value is -2.89. The first-order valence-corrected chi connectivity index (χ1v) is 7.65. The Morgan fingerprint density at radius 1 is 1.04 bits per heavy atom. The number of methoxy groups -OCH3 is 2. The molecule has 6 heteroatoms. The molecule has 1 N–H and O–H groups in total. The lowest BCUT2D eigenvalue weighted by Crippen LogP contribution is -2.23. The van der Waals surface area contributed by atoms with Gasteiger partial charge in [0.1, 0.15) is 11.5 Å². The summed E-state index contributed by atoms with van der Waals surface area (Å²) in [5, 5.41) is 2.91. The fourth-order valence-electron chi connectivity index (χ4n) is 3.24. The minimum Gasteiger partial charge on any atom is -0.497 e. The molecule has 1 amide bonds. The summed E-state index contributed by atoms with van der Waals surface area (Å²) in [6.45, 7) is 0.194. The van der Waals surface area contributed by atoms with Crippen LogP contribution in [0.2, 0.25) is 0 Å². The number of ether oxygens (including phenoxy) is 4. The zero-order chi connectivity index (χ0) is 16.7. The molecule has 0 unspecified atom stereocenters. The normalized spacial score (nSPS) is 17.9. The van der Waals surface area contributed by atoms with Crippen molar-refractivity contribution in [3.63, 3.8) is 0 Å². The number of anilines is 1. The molecular weight excluding hydrogens is 310 g/mol. The van der Waals surface area contributed by atoms with Crippen molar-refractivity contribution in [1.29, 1.82) is 0 Å². The number of nitrogens with one attached hydrogen (secondary N) is 1. The van der Waals surface area contributed by atoms with Gasteiger partial charge in [-0.15, -0.1) is 0 Å². The van der Waals surface area contributed by atoms with E-state index in [-0.39, 0.29) is 18.6 Å². The number of hydrogen-bond acceptors (Lipinski definition) is 5. The summed E-state index contributed by atoms with van der Waals surface area (Å²) in [4.78, 5) is 12.2. The molecule has 2 aliphatic rings. The maximum atomic E-state index is 12.2. The lowest BCUT2D eigenvalue weighted by molar-refractivity contribution is -0.116. The molecule has 0 fully saturated rings. The van der Waals surface area contributed by atoms with Crippen LogP contribution in [0.25, 0.3) is 0 Å². The lowest BCUT2D eigenvalue weighted by atomic mass is 9.84. The van der Waals surface area contributed by atoms with E-state index < -0.39 is 0 Å². The van der Waals surface area contributed by atoms with E-state index in [1.54, 1.807) is 14.2 Å². The van der Waals surface area contributed by atoms with Crippen molar-refractivity contribution in [2.24, 2.45) is 0 Å². The van der Waals surface area contributed by atoms with Gasteiger partial charge in [-0.2, -0.15) is 0 Å². The van der Waals surface area contributed by atoms with Crippen molar-refractivity contribution in [1.82, 2.24) is 0 Å². The number of hydrogen-bond donors (Lipinski definition) is 1. The van der Waals surface area contributed by atoms with Gasteiger partial charge in [0.15, 0.2) is 11.5 Å². The second-order valence-electron chi connectivity index (χ2n) is 5.71. The molecule has 0 spiro atoms. The van der Waals surface area contributed by atoms with Crippen LogP contribution in [0.15, 0.2) is 30.3 Å². The van der Waals surface area contributed by atoms with Crippen molar-refractivity contribution in [3.8, 4) is 23.0 Å². The molecule has 2 aliphatic heterocycles. The zero-order valence-electron chi connectivity index (χ0n) is 13.4. The topological polar surface area (TPSA) is 66.0 Å². The minimum atomic E-state index is -0.145. The number of fused-ring (bicyclic) bond motifs is 2. The number of rotatable bonds is 3. The molecule has 6 nitrogen and oxygen atoms in total. The van der Waals surface area contributed by atoms with Crippen molar-refractivity contribution in [3.05, 3.63) is 41.5 Å². The fourth-order valence-corrected chi connectivity index (χ4v) is 3.24. The van der Waals surface area contributed by atoms with Crippen molar-refractivity contribution >= 4 is 11.6 Å². The van der Waals surface area contributed by atoms with E-state index in [4.69, 9.17) is 18.9 Å². The predicted molar refractivity (Wildman–Crippen MR) is 87.2 cm³/mol. The second kappa shape index (κ2) is 5.63. The summed E-state index contributed by atoms with van der Waals surface area (Å²) >= 11 is 0. The highest BCUT2D eigenvalue weighted by atomic mass is 16.7. The summed E-state index contributed by atoms with van der Waals surface area (Å²) in [5.41, 5.74) is 2.63. The highest BCUT2D eigenvalue weighted by molar-refractivity contribution is 5.96. The van der Waals surface area contributed by atoms with Crippen LogP contribution in [0, 0.1) is 0 Å². The molecule has 2 heterocycles. The molecule has 24 heavy (non-hydrogen) atoms. The van der Waals surface area contributed by atoms with Gasteiger partial charge in [0, 0.05) is 29.7 Å². The first-order chi connectivity index (χ1) is 11.7. The highest BCUT2D eigenvalue weighted by Crippen LogP contribution is 2.46. The van der Waals surface area contributed by atoms with Crippen molar-refractivity contribution in [2.45, 2.75) is 12.3 Å². The van der Waals surface area contributed by atoms with Crippen LogP contribution in [-0.2, 0) is 4.79 Å². The van der Waals surface area contributed by atoms with E-state index in [2.05, 4.69) is 5.32 Å². The number of carbonyl (C=O) groups excluding carboxylic acids is 1. The summed E-state index contributed by atoms with van der Waals surface area (Å²) < 4.78 is 21.7. The lowest BCUT2D eigenvalue weighted by Gasteiger charge is -2.27. The van der Waals surface area contributed by atoms with E-state index in [1.807, 2.05) is 30.3 Å². The smallest absolute Gasteiger partial charge is 0.231 e. The van der Waals surface area contributed by atoms with Crippen LogP contribution in [0.3, 0.4) is 0 Å². The Bertz CT molecular complexity index is 817. The maximum absolute atomic E-state index is 12.2. The van der Waals surface area contributed by atoms with Crippen LogP contribution in [0.1, 0.15) is 23.5 Å². The van der Waals surface area contributed by atoms with Gasteiger partial charge in [-0.25, -0.2) is 0 Å². The standard InChI is InChI=1S/C18H17NO5/c1-21-10-3-4-15(22-2)13(5-10)11-7-18(20)19-14-8-17-16(6-12(11)14)23-9-24-17/h3-6,8,11H,7,9H2,1-2H3,(H,19,20)/t11-/m0/s1. The largest absolute Gasteiger partial charge is 0.497 e. The van der Waals surface area contributed by atoms with Gasteiger partial charge >= 0.3 is 0 Å². The molecule has 0 aliphatic carbocycles. The molecule has 1 atom stereocenters. The summed E-state index contributed by atoms with van der Waals surface area (Å²) in [6, 6.07) is 9.35. The molecule has 124 valence electrons. The van der Waals surface area contributed by atoms with Crippen molar-refractivity contribution in [2.75, 3.05) is 26.3 Å². The number of amides is 1. The first-order valence-electron chi connectivity index (χ1n) is 7.65. The van der Waals surface area contributed by atoms with E-state index >= 15 is 0 Å². The summed E-state index contributed by atoms with van der Waals surface area (Å²) in [5.74, 6) is 2.59. The molecular formula is C18H17NO5. The monoisotopic (exact) mass is 327 g/mol. The molecule has 2 aromatic rings. The van der Waals surface area contributed by atoms with Gasteiger partial charge < -0.3 is 24.3 Å². The van der Waals surface area contributed by atoms with E-state index in [9.17, 15) is 4.79 Å². The van der Waals surface area contributed by atoms with Gasteiger partial charge in [0.25, 0.3) is 0 Å². The maximum Gasteiger partial charge on any atom is 0.231 e. The quantitative estimate of drug-likeness (QED) is 0.939. The fraction of sp³-hybridized carbons (Fsp3) is 0.278. The third-order valence-electron chi connectivity index (χ3n) is 4.40. The second-order valence-corrected chi connectivity index (χ2v) is 5.71. The Morgan fingerprint density at radius 3 is 2.58 bits per heavy atom. The Balaban J connectivity index is 1.87. The van der Waals surface area contributed by atoms with Gasteiger partial charge in [-0.05, 0) is 29.8 Å². The summed E-state index contributed by atoms with van der Waals surface area (Å²) in [7, 11) is 3.24. The van der Waals surface area contributed by atoms with Gasteiger partial charge in [-0.3, -0.25) is 4.79 Å². The number of carbonyl (C=O) groups is 1. The first kappa shape index (κ1) is 14.7. The van der Waals surface area contributed by atoms with E-state index in [0.717, 1.165) is 28.3 Å². The predicted octanol–water partition coefficient (Wildman–Crippen LogP) is 2.91. The SMILES string of the molecule is COc1ccc(OC)c([C@H]2CC(=O)Nc3cc4c(cc32)OCO4)c1. The van der Waals surface area contributed by atoms with Crippen LogP contribution in [-0.4, -0.2) is 26.9 Å². The average Bonchev–Trinajstić information content (AvgIpc) is 3.05. The third-order valence-corrected chi connectivity index (χ3v) is 4.40. The minimum absolute atomic E-state index is 0.0451. The Morgan fingerprint density at radius 2 is 1.83 bits per heavy atom. The Kier molecular flexibility index (Phi) is 3.45. The molecule has 0 bridgehead atoms. The van der Waals surface area contributed by atoms with Crippen LogP contribution < -0.4 is 24.3 Å². The molecule has 4 rings (SSSR count). The van der Waals surface area contributed by atoms with E-state index in [1.165, 1.54) is 0 Å². The third kappa shape index (κ3) is 2.31. The molecule has 0 saturated carbocycles. The van der Waals surface area contributed by atoms with Crippen molar-refractivity contribution < 1.29 is 23.7 Å². The van der Waals surface area contributed by atoms with Crippen LogP contribution in [0.5, 0.6) is 23.0 Å². The zero-order valence-corrected chi connectivity index (χ0v) is 13.4. The Labute approximate surface area is 139 Å². The van der Waals surface area contributed by atoms with Gasteiger partial charge in [-0.1, -0.05) is 0 Å². The highest BCUT2D eigenvalue weighted by Gasteiger charge is 2.31. The molecule has 0 radical (unpaired) electrons. The van der Waals surface area contributed by atoms with Crippen LogP contribution >= 0.6 is 0 Å². The number of benzene rings is 2. The molecule has 0 saturated heterocycles. The molecule has 0 aromatic heterocycles. The van der Waals surface area contributed by atoms with Gasteiger partial charge in [0.05, 0.1) is 14.2 Å². The van der Waals surface area contributed by atoms with Gasteiger partial charge in [0.2, 0.25) is 12.7 Å². The van der Waals surface area contributed by atoms with Crippen LogP contribution in [0.4, 0.5) is 5.69 Å². The average molecular weight is 327 g/mol.